The molecule has 0 saturated carbocycles. The molecular formula is C21H27NO3. The fraction of sp³-hybridized carbons (Fsp3) is 0.476. The molecule has 0 bridgehead atoms. The molecule has 0 aliphatic carbocycles. The zero-order chi connectivity index (χ0) is 18.0. The zero-order valence-electron chi connectivity index (χ0n) is 15.2. The van der Waals surface area contributed by atoms with Crippen LogP contribution in [0.5, 0.6) is 0 Å². The molecule has 4 nitrogen and oxygen atoms in total. The van der Waals surface area contributed by atoms with Crippen molar-refractivity contribution in [2.24, 2.45) is 5.92 Å². The molecule has 1 unspecified atom stereocenters. The highest BCUT2D eigenvalue weighted by atomic mass is 16.6. The van der Waals surface area contributed by atoms with Gasteiger partial charge in [0.1, 0.15) is 5.60 Å². The first-order valence-electron chi connectivity index (χ1n) is 8.99. The first kappa shape index (κ1) is 17.7. The average molecular weight is 341 g/mol. The number of nitrogens with zero attached hydrogens (tertiary/aromatic N) is 1. The van der Waals surface area contributed by atoms with Crippen molar-refractivity contribution in [1.29, 1.82) is 0 Å². The molecule has 134 valence electrons. The van der Waals surface area contributed by atoms with E-state index in [1.807, 2.05) is 51.1 Å². The normalized spacial score (nSPS) is 19.7. The minimum atomic E-state index is -0.587. The van der Waals surface area contributed by atoms with Gasteiger partial charge in [-0.1, -0.05) is 42.5 Å². The van der Waals surface area contributed by atoms with Crippen molar-refractivity contribution in [1.82, 2.24) is 4.90 Å². The number of aliphatic hydroxyl groups excluding tert-OH is 1. The van der Waals surface area contributed by atoms with Crippen molar-refractivity contribution in [2.45, 2.75) is 45.3 Å². The van der Waals surface area contributed by atoms with Gasteiger partial charge in [0.2, 0.25) is 0 Å². The number of carbonyl (C=O) groups is 1. The van der Waals surface area contributed by atoms with E-state index in [0.717, 1.165) is 29.2 Å². The van der Waals surface area contributed by atoms with Crippen LogP contribution in [0.4, 0.5) is 4.79 Å². The Balaban J connectivity index is 1.78. The highest BCUT2D eigenvalue weighted by Gasteiger charge is 2.32. The summed E-state index contributed by atoms with van der Waals surface area (Å²) in [5.74, 6) is 0.0204. The lowest BCUT2D eigenvalue weighted by Crippen LogP contribution is -2.44. The topological polar surface area (TPSA) is 49.8 Å². The number of fused-ring (bicyclic) bond motifs is 1. The van der Waals surface area contributed by atoms with Crippen LogP contribution in [0.2, 0.25) is 0 Å². The Morgan fingerprint density at radius 1 is 1.20 bits per heavy atom. The number of benzene rings is 2. The van der Waals surface area contributed by atoms with E-state index in [2.05, 4.69) is 12.1 Å². The number of ether oxygens (including phenoxy) is 1. The number of piperidine rings is 1. The van der Waals surface area contributed by atoms with Crippen molar-refractivity contribution in [3.05, 3.63) is 48.0 Å². The monoisotopic (exact) mass is 341 g/mol. The largest absolute Gasteiger partial charge is 0.444 e. The molecule has 1 aliphatic heterocycles. The Bertz CT molecular complexity index is 745. The summed E-state index contributed by atoms with van der Waals surface area (Å²) in [6, 6.07) is 14.1. The molecule has 3 rings (SSSR count). The SMILES string of the molecule is CC(C)(C)OC(=O)N1CCCC([C@H](O)c2cccc3ccccc23)C1. The number of carbonyl (C=O) groups excluding carboxylic acids is 1. The lowest BCUT2D eigenvalue weighted by molar-refractivity contribution is 0.00261. The molecule has 1 saturated heterocycles. The Morgan fingerprint density at radius 3 is 2.68 bits per heavy atom. The zero-order valence-corrected chi connectivity index (χ0v) is 15.2. The molecule has 1 heterocycles. The van der Waals surface area contributed by atoms with E-state index < -0.39 is 11.7 Å². The predicted molar refractivity (Wildman–Crippen MR) is 99.4 cm³/mol. The van der Waals surface area contributed by atoms with E-state index >= 15 is 0 Å². The smallest absolute Gasteiger partial charge is 0.410 e. The Morgan fingerprint density at radius 2 is 1.92 bits per heavy atom. The number of amides is 1. The number of aliphatic hydroxyl groups is 1. The van der Waals surface area contributed by atoms with Crippen molar-refractivity contribution in [3.8, 4) is 0 Å². The Labute approximate surface area is 149 Å². The molecule has 1 aliphatic rings. The average Bonchev–Trinajstić information content (AvgIpc) is 2.59. The summed E-state index contributed by atoms with van der Waals surface area (Å²) >= 11 is 0. The van der Waals surface area contributed by atoms with Crippen LogP contribution in [0, 0.1) is 5.92 Å². The minimum absolute atomic E-state index is 0.0204. The molecule has 0 radical (unpaired) electrons. The second-order valence-corrected chi connectivity index (χ2v) is 7.84. The van der Waals surface area contributed by atoms with Gasteiger partial charge in [0.15, 0.2) is 0 Å². The van der Waals surface area contributed by atoms with Gasteiger partial charge in [0.05, 0.1) is 6.10 Å². The molecule has 2 atom stereocenters. The summed E-state index contributed by atoms with van der Waals surface area (Å²) < 4.78 is 5.49. The van der Waals surface area contributed by atoms with E-state index in [-0.39, 0.29) is 12.0 Å². The maximum atomic E-state index is 12.4. The van der Waals surface area contributed by atoms with Gasteiger partial charge >= 0.3 is 6.09 Å². The number of hydrogen-bond acceptors (Lipinski definition) is 3. The summed E-state index contributed by atoms with van der Waals surface area (Å²) in [6.07, 6.45) is 0.911. The molecule has 0 aromatic heterocycles. The third kappa shape index (κ3) is 4.13. The number of hydrogen-bond donors (Lipinski definition) is 1. The van der Waals surface area contributed by atoms with E-state index in [1.54, 1.807) is 4.90 Å². The molecule has 1 amide bonds. The van der Waals surface area contributed by atoms with Crippen molar-refractivity contribution >= 4 is 16.9 Å². The standard InChI is InChI=1S/C21H27NO3/c1-21(2,3)25-20(24)22-13-7-10-16(14-22)19(23)18-12-6-9-15-8-4-5-11-17(15)18/h4-6,8-9,11-12,16,19,23H,7,10,13-14H2,1-3H3/t16?,19-/m0/s1. The first-order chi connectivity index (χ1) is 11.8. The lowest BCUT2D eigenvalue weighted by Gasteiger charge is -2.36. The van der Waals surface area contributed by atoms with Gasteiger partial charge in [0, 0.05) is 19.0 Å². The molecule has 2 aromatic carbocycles. The highest BCUT2D eigenvalue weighted by Crippen LogP contribution is 2.34. The van der Waals surface area contributed by atoms with Crippen LogP contribution in [0.15, 0.2) is 42.5 Å². The molecule has 0 spiro atoms. The van der Waals surface area contributed by atoms with Gasteiger partial charge < -0.3 is 14.7 Å². The van der Waals surface area contributed by atoms with Crippen LogP contribution in [0.25, 0.3) is 10.8 Å². The van der Waals surface area contributed by atoms with E-state index in [9.17, 15) is 9.90 Å². The summed E-state index contributed by atoms with van der Waals surface area (Å²) in [5, 5.41) is 13.2. The van der Waals surface area contributed by atoms with Crippen LogP contribution in [0.3, 0.4) is 0 Å². The van der Waals surface area contributed by atoms with E-state index in [0.29, 0.717) is 13.1 Å². The van der Waals surface area contributed by atoms with Crippen molar-refractivity contribution < 1.29 is 14.6 Å². The minimum Gasteiger partial charge on any atom is -0.444 e. The Kier molecular flexibility index (Phi) is 5.00. The van der Waals surface area contributed by atoms with E-state index in [1.165, 1.54) is 0 Å². The molecule has 1 N–H and O–H groups in total. The quantitative estimate of drug-likeness (QED) is 0.874. The number of rotatable bonds is 2. The third-order valence-electron chi connectivity index (χ3n) is 4.70. The second kappa shape index (κ2) is 7.04. The van der Waals surface area contributed by atoms with Gasteiger partial charge in [-0.25, -0.2) is 4.79 Å². The maximum absolute atomic E-state index is 12.4. The lowest BCUT2D eigenvalue weighted by atomic mass is 9.86. The maximum Gasteiger partial charge on any atom is 0.410 e. The molecule has 1 fully saturated rings. The van der Waals surface area contributed by atoms with Crippen LogP contribution >= 0.6 is 0 Å². The van der Waals surface area contributed by atoms with Crippen molar-refractivity contribution in [2.75, 3.05) is 13.1 Å². The summed E-state index contributed by atoms with van der Waals surface area (Å²) in [6.45, 7) is 6.83. The van der Waals surface area contributed by atoms with Crippen LogP contribution in [-0.2, 0) is 4.74 Å². The highest BCUT2D eigenvalue weighted by molar-refractivity contribution is 5.86. The van der Waals surface area contributed by atoms with Gasteiger partial charge in [-0.3, -0.25) is 0 Å². The second-order valence-electron chi connectivity index (χ2n) is 7.84. The fourth-order valence-corrected chi connectivity index (χ4v) is 3.52. The predicted octanol–water partition coefficient (Wildman–Crippen LogP) is 4.52. The summed E-state index contributed by atoms with van der Waals surface area (Å²) in [7, 11) is 0. The molecular weight excluding hydrogens is 314 g/mol. The van der Waals surface area contributed by atoms with E-state index in [4.69, 9.17) is 4.74 Å². The van der Waals surface area contributed by atoms with Gasteiger partial charge in [-0.15, -0.1) is 0 Å². The molecule has 25 heavy (non-hydrogen) atoms. The van der Waals surface area contributed by atoms with Crippen LogP contribution in [0.1, 0.15) is 45.3 Å². The van der Waals surface area contributed by atoms with Gasteiger partial charge in [-0.2, -0.15) is 0 Å². The first-order valence-corrected chi connectivity index (χ1v) is 8.99. The third-order valence-corrected chi connectivity index (χ3v) is 4.70. The Hall–Kier alpha value is -2.07. The van der Waals surface area contributed by atoms with Gasteiger partial charge in [0.25, 0.3) is 0 Å². The summed E-state index contributed by atoms with van der Waals surface area (Å²) in [5.41, 5.74) is 0.437. The van der Waals surface area contributed by atoms with Crippen LogP contribution in [-0.4, -0.2) is 34.8 Å². The van der Waals surface area contributed by atoms with Crippen molar-refractivity contribution in [3.63, 3.8) is 0 Å². The molecule has 4 heteroatoms. The molecule has 2 aromatic rings. The summed E-state index contributed by atoms with van der Waals surface area (Å²) in [4.78, 5) is 14.1. The van der Waals surface area contributed by atoms with Gasteiger partial charge in [-0.05, 0) is 49.9 Å². The number of likely N-dealkylation sites (tertiary alicyclic amines) is 1. The fourth-order valence-electron chi connectivity index (χ4n) is 3.52. The van der Waals surface area contributed by atoms with Crippen LogP contribution < -0.4 is 0 Å².